The normalized spacial score (nSPS) is 10.9. The van der Waals surface area contributed by atoms with E-state index >= 15 is 0 Å². The average Bonchev–Trinajstić information content (AvgIpc) is 2.79. The number of carbonyl (C=O) groups is 2. The van der Waals surface area contributed by atoms with Crippen molar-refractivity contribution in [3.05, 3.63) is 62.7 Å². The Bertz CT molecular complexity index is 1310. The van der Waals surface area contributed by atoms with Gasteiger partial charge in [0.2, 0.25) is 0 Å². The number of methoxy groups -OCH3 is 2. The fraction of sp³-hybridized carbons (Fsp3) is 0.385. The molecule has 1 aromatic heterocycles. The third-order valence-corrected chi connectivity index (χ3v) is 5.97. The molecule has 0 amide bonds. The number of ether oxygens (including phenoxy) is 3. The molecule has 0 aliphatic rings. The number of hydrogen-bond acceptors (Lipinski definition) is 7. The van der Waals surface area contributed by atoms with E-state index in [0.717, 1.165) is 22.3 Å². The zero-order valence-corrected chi connectivity index (χ0v) is 20.5. The van der Waals surface area contributed by atoms with Gasteiger partial charge in [0.05, 0.1) is 31.4 Å². The van der Waals surface area contributed by atoms with Gasteiger partial charge in [0.15, 0.2) is 17.3 Å². The number of fused-ring (bicyclic) bond motifs is 1. The van der Waals surface area contributed by atoms with Crippen molar-refractivity contribution in [1.29, 1.82) is 0 Å². The number of aryl methyl sites for hydroxylation is 3. The lowest BCUT2D eigenvalue weighted by Crippen LogP contribution is -2.21. The summed E-state index contributed by atoms with van der Waals surface area (Å²) in [6.45, 7) is 7.69. The Labute approximate surface area is 198 Å². The first-order valence-corrected chi connectivity index (χ1v) is 11.0. The third-order valence-electron chi connectivity index (χ3n) is 5.97. The number of ketones is 1. The van der Waals surface area contributed by atoms with Crippen molar-refractivity contribution in [3.63, 3.8) is 0 Å². The zero-order chi connectivity index (χ0) is 25.0. The Morgan fingerprint density at radius 2 is 1.68 bits per heavy atom. The van der Waals surface area contributed by atoms with Crippen molar-refractivity contribution in [2.24, 2.45) is 0 Å². The molecule has 8 nitrogen and oxygen atoms in total. The average molecular weight is 467 g/mol. The molecule has 0 saturated carbocycles. The van der Waals surface area contributed by atoms with Crippen LogP contribution >= 0.6 is 0 Å². The topological polar surface area (TPSA) is 96.7 Å². The van der Waals surface area contributed by atoms with Crippen molar-refractivity contribution in [2.75, 3.05) is 14.2 Å². The second kappa shape index (κ2) is 10.5. The van der Waals surface area contributed by atoms with Crippen LogP contribution in [0, 0.1) is 20.8 Å². The SMILES string of the molecule is COc1cc2ncn(CCCC(=O)OCc3c(C)cc(C)c(C(C)=O)c3C)c(=O)c2cc1OC. The molecule has 0 unspecified atom stereocenters. The fourth-order valence-corrected chi connectivity index (χ4v) is 4.25. The van der Waals surface area contributed by atoms with E-state index in [1.165, 1.54) is 32.0 Å². The Morgan fingerprint density at radius 3 is 2.32 bits per heavy atom. The lowest BCUT2D eigenvalue weighted by atomic mass is 9.92. The summed E-state index contributed by atoms with van der Waals surface area (Å²) in [5, 5.41) is 0.411. The number of carbonyl (C=O) groups excluding carboxylic acids is 2. The summed E-state index contributed by atoms with van der Waals surface area (Å²) in [5.41, 5.74) is 4.56. The second-order valence-electron chi connectivity index (χ2n) is 8.28. The highest BCUT2D eigenvalue weighted by molar-refractivity contribution is 5.97. The zero-order valence-electron chi connectivity index (χ0n) is 20.5. The van der Waals surface area contributed by atoms with Gasteiger partial charge in [-0.3, -0.25) is 19.0 Å². The van der Waals surface area contributed by atoms with Crippen LogP contribution in [0.5, 0.6) is 11.5 Å². The molecule has 0 atom stereocenters. The van der Waals surface area contributed by atoms with Crippen LogP contribution in [0.1, 0.15) is 52.4 Å². The summed E-state index contributed by atoms with van der Waals surface area (Å²) in [7, 11) is 3.03. The Hall–Kier alpha value is -3.68. The summed E-state index contributed by atoms with van der Waals surface area (Å²) < 4.78 is 17.5. The predicted octanol–water partition coefficient (Wildman–Crippen LogP) is 4.07. The van der Waals surface area contributed by atoms with Crippen LogP contribution in [-0.4, -0.2) is 35.5 Å². The highest BCUT2D eigenvalue weighted by atomic mass is 16.5. The first kappa shape index (κ1) is 25.0. The molecule has 0 N–H and O–H groups in total. The Kier molecular flexibility index (Phi) is 7.71. The monoisotopic (exact) mass is 466 g/mol. The molecule has 8 heteroatoms. The van der Waals surface area contributed by atoms with Gasteiger partial charge in [0, 0.05) is 24.6 Å². The van der Waals surface area contributed by atoms with Crippen LogP contribution in [0.4, 0.5) is 0 Å². The summed E-state index contributed by atoms with van der Waals surface area (Å²) in [6, 6.07) is 5.20. The van der Waals surface area contributed by atoms with E-state index in [1.54, 1.807) is 12.1 Å². The van der Waals surface area contributed by atoms with Crippen LogP contribution in [0.2, 0.25) is 0 Å². The molecular formula is C26H30N2O6. The minimum absolute atomic E-state index is 0.00641. The van der Waals surface area contributed by atoms with E-state index < -0.39 is 0 Å². The van der Waals surface area contributed by atoms with Gasteiger partial charge in [-0.1, -0.05) is 6.07 Å². The maximum Gasteiger partial charge on any atom is 0.306 e. The van der Waals surface area contributed by atoms with E-state index in [2.05, 4.69) is 4.98 Å². The first-order valence-electron chi connectivity index (χ1n) is 11.0. The molecule has 1 heterocycles. The number of Topliss-reactive ketones (excluding diaryl/α,β-unsaturated/α-hetero) is 1. The van der Waals surface area contributed by atoms with Gasteiger partial charge >= 0.3 is 5.97 Å². The van der Waals surface area contributed by atoms with Crippen LogP contribution in [0.15, 0.2) is 29.3 Å². The van der Waals surface area contributed by atoms with Gasteiger partial charge in [-0.2, -0.15) is 0 Å². The van der Waals surface area contributed by atoms with E-state index in [1.807, 2.05) is 26.8 Å². The molecule has 0 aliphatic carbocycles. The number of esters is 1. The minimum atomic E-state index is -0.364. The largest absolute Gasteiger partial charge is 0.493 e. The van der Waals surface area contributed by atoms with Gasteiger partial charge in [-0.25, -0.2) is 4.98 Å². The van der Waals surface area contributed by atoms with Crippen molar-refractivity contribution in [2.45, 2.75) is 53.7 Å². The Morgan fingerprint density at radius 1 is 1.00 bits per heavy atom. The highest BCUT2D eigenvalue weighted by Crippen LogP contribution is 2.30. The van der Waals surface area contributed by atoms with E-state index in [-0.39, 0.29) is 30.3 Å². The quantitative estimate of drug-likeness (QED) is 0.346. The van der Waals surface area contributed by atoms with E-state index in [0.29, 0.717) is 40.9 Å². The number of hydrogen-bond donors (Lipinski definition) is 0. The molecule has 3 rings (SSSR count). The van der Waals surface area contributed by atoms with Gasteiger partial charge in [0.1, 0.15) is 6.61 Å². The molecule has 0 bridgehead atoms. The molecule has 0 spiro atoms. The Balaban J connectivity index is 1.65. The molecule has 0 saturated heterocycles. The standard InChI is InChI=1S/C26H30N2O6/c1-15-10-16(2)25(18(4)29)17(3)20(15)13-34-24(30)8-7-9-28-14-27-21-12-23(33-6)22(32-5)11-19(21)26(28)31/h10-12,14H,7-9,13H2,1-6H3. The van der Waals surface area contributed by atoms with Crippen LogP contribution in [0.3, 0.4) is 0 Å². The lowest BCUT2D eigenvalue weighted by Gasteiger charge is -2.16. The van der Waals surface area contributed by atoms with Crippen LogP contribution in [-0.2, 0) is 22.7 Å². The predicted molar refractivity (Wildman–Crippen MR) is 129 cm³/mol. The maximum atomic E-state index is 12.9. The molecule has 0 aliphatic heterocycles. The second-order valence-corrected chi connectivity index (χ2v) is 8.28. The van der Waals surface area contributed by atoms with Gasteiger partial charge in [0.25, 0.3) is 5.56 Å². The molecule has 34 heavy (non-hydrogen) atoms. The van der Waals surface area contributed by atoms with E-state index in [4.69, 9.17) is 14.2 Å². The summed E-state index contributed by atoms with van der Waals surface area (Å²) in [6.07, 6.45) is 2.04. The van der Waals surface area contributed by atoms with Crippen molar-refractivity contribution < 1.29 is 23.8 Å². The number of nitrogens with zero attached hydrogens (tertiary/aromatic N) is 2. The van der Waals surface area contributed by atoms with Crippen LogP contribution < -0.4 is 15.0 Å². The molecule has 180 valence electrons. The van der Waals surface area contributed by atoms with Gasteiger partial charge < -0.3 is 14.2 Å². The summed E-state index contributed by atoms with van der Waals surface area (Å²) >= 11 is 0. The highest BCUT2D eigenvalue weighted by Gasteiger charge is 2.16. The minimum Gasteiger partial charge on any atom is -0.493 e. The fourth-order valence-electron chi connectivity index (χ4n) is 4.25. The summed E-state index contributed by atoms with van der Waals surface area (Å²) in [5.74, 6) is 0.576. The smallest absolute Gasteiger partial charge is 0.306 e. The van der Waals surface area contributed by atoms with Crippen molar-refractivity contribution in [3.8, 4) is 11.5 Å². The van der Waals surface area contributed by atoms with Crippen LogP contribution in [0.25, 0.3) is 10.9 Å². The van der Waals surface area contributed by atoms with Gasteiger partial charge in [-0.05, 0) is 62.4 Å². The lowest BCUT2D eigenvalue weighted by molar-refractivity contribution is -0.145. The van der Waals surface area contributed by atoms with E-state index in [9.17, 15) is 14.4 Å². The first-order chi connectivity index (χ1) is 16.2. The van der Waals surface area contributed by atoms with Gasteiger partial charge in [-0.15, -0.1) is 0 Å². The molecule has 0 radical (unpaired) electrons. The molecule has 2 aromatic carbocycles. The van der Waals surface area contributed by atoms with Crippen molar-refractivity contribution >= 4 is 22.7 Å². The number of rotatable bonds is 9. The number of benzene rings is 2. The molecule has 0 fully saturated rings. The maximum absolute atomic E-state index is 12.9. The number of aromatic nitrogens is 2. The summed E-state index contributed by atoms with van der Waals surface area (Å²) in [4.78, 5) is 41.5. The third kappa shape index (κ3) is 5.11. The molecule has 3 aromatic rings. The van der Waals surface area contributed by atoms with Crippen molar-refractivity contribution in [1.82, 2.24) is 9.55 Å². The molecular weight excluding hydrogens is 436 g/mol.